The summed E-state index contributed by atoms with van der Waals surface area (Å²) in [5.41, 5.74) is 1.34. The lowest BCUT2D eigenvalue weighted by atomic mass is 10.2. The highest BCUT2D eigenvalue weighted by atomic mass is 32.2. The molecule has 1 aromatic rings. The molecule has 0 saturated carbocycles. The first-order valence-electron chi connectivity index (χ1n) is 5.90. The monoisotopic (exact) mass is 303 g/mol. The Morgan fingerprint density at radius 3 is 2.89 bits per heavy atom. The molecule has 106 valence electrons. The van der Waals surface area contributed by atoms with Crippen molar-refractivity contribution in [2.45, 2.75) is 18.9 Å². The van der Waals surface area contributed by atoms with Crippen LogP contribution in [0.4, 0.5) is 5.95 Å². The number of sulfone groups is 1. The largest absolute Gasteiger partial charge is 0.392 e. The molecule has 0 aromatic carbocycles. The zero-order chi connectivity index (χ0) is 14.0. The molecule has 1 unspecified atom stereocenters. The van der Waals surface area contributed by atoms with Crippen LogP contribution in [-0.4, -0.2) is 53.2 Å². The van der Waals surface area contributed by atoms with Gasteiger partial charge in [-0.05, 0) is 6.92 Å². The highest BCUT2D eigenvalue weighted by molar-refractivity contribution is 8.01. The third-order valence-corrected chi connectivity index (χ3v) is 5.72. The molecule has 19 heavy (non-hydrogen) atoms. The van der Waals surface area contributed by atoms with Crippen LogP contribution in [-0.2, 0) is 16.4 Å². The van der Waals surface area contributed by atoms with E-state index in [0.717, 1.165) is 5.75 Å². The van der Waals surface area contributed by atoms with E-state index >= 15 is 0 Å². The summed E-state index contributed by atoms with van der Waals surface area (Å²) in [6.45, 7) is 2.28. The smallest absolute Gasteiger partial charge is 0.226 e. The maximum atomic E-state index is 11.8. The van der Waals surface area contributed by atoms with E-state index in [-0.39, 0.29) is 6.61 Å². The zero-order valence-corrected chi connectivity index (χ0v) is 12.5. The molecule has 2 heterocycles. The molecule has 0 radical (unpaired) electrons. The van der Waals surface area contributed by atoms with Crippen LogP contribution >= 0.6 is 11.8 Å². The molecule has 8 heteroatoms. The Morgan fingerprint density at radius 1 is 1.58 bits per heavy atom. The fourth-order valence-electron chi connectivity index (χ4n) is 1.94. The molecule has 1 aliphatic rings. The summed E-state index contributed by atoms with van der Waals surface area (Å²) in [7, 11) is -3.18. The first kappa shape index (κ1) is 14.5. The van der Waals surface area contributed by atoms with Crippen molar-refractivity contribution in [3.8, 4) is 0 Å². The lowest BCUT2D eigenvalue weighted by molar-refractivity contribution is 0.280. The average molecular weight is 303 g/mol. The molecule has 0 amide bonds. The summed E-state index contributed by atoms with van der Waals surface area (Å²) < 4.78 is 23.7. The number of aryl methyl sites for hydroxylation is 1. The third-order valence-electron chi connectivity index (χ3n) is 3.07. The number of hydrogen-bond acceptors (Lipinski definition) is 7. The van der Waals surface area contributed by atoms with E-state index in [4.69, 9.17) is 5.11 Å². The molecule has 1 saturated heterocycles. The third kappa shape index (κ3) is 3.18. The molecule has 0 aliphatic carbocycles. The lowest BCUT2D eigenvalue weighted by Gasteiger charge is -2.34. The van der Waals surface area contributed by atoms with Crippen molar-refractivity contribution >= 4 is 27.5 Å². The predicted molar refractivity (Wildman–Crippen MR) is 76.0 cm³/mol. The maximum Gasteiger partial charge on any atom is 0.226 e. The molecule has 1 atom stereocenters. The van der Waals surface area contributed by atoms with Gasteiger partial charge in [0.15, 0.2) is 9.84 Å². The van der Waals surface area contributed by atoms with Gasteiger partial charge in [0, 0.05) is 41.8 Å². The summed E-state index contributed by atoms with van der Waals surface area (Å²) >= 11 is 1.62. The number of aliphatic hydroxyl groups is 1. The van der Waals surface area contributed by atoms with Gasteiger partial charge >= 0.3 is 0 Å². The van der Waals surface area contributed by atoms with Crippen molar-refractivity contribution in [3.05, 3.63) is 17.5 Å². The van der Waals surface area contributed by atoms with Gasteiger partial charge in [0.05, 0.1) is 6.61 Å². The minimum Gasteiger partial charge on any atom is -0.392 e. The Kier molecular flexibility index (Phi) is 4.32. The highest BCUT2D eigenvalue weighted by Gasteiger charge is 2.32. The van der Waals surface area contributed by atoms with E-state index in [1.807, 2.05) is 0 Å². The standard InChI is InChI=1S/C11H17N3O3S2/c1-8-9(6-15)5-12-11(13-8)14-3-4-18-7-10(14)19(2,16)17/h5,10,15H,3-4,6-7H2,1-2H3. The molecule has 1 aromatic heterocycles. The van der Waals surface area contributed by atoms with Crippen LogP contribution in [0, 0.1) is 6.92 Å². The van der Waals surface area contributed by atoms with Crippen LogP contribution in [0.2, 0.25) is 0 Å². The number of anilines is 1. The first-order chi connectivity index (χ1) is 8.93. The minimum atomic E-state index is -3.18. The van der Waals surface area contributed by atoms with Gasteiger partial charge in [-0.2, -0.15) is 11.8 Å². The van der Waals surface area contributed by atoms with Crippen molar-refractivity contribution < 1.29 is 13.5 Å². The molecule has 1 fully saturated rings. The zero-order valence-electron chi connectivity index (χ0n) is 10.9. The summed E-state index contributed by atoms with van der Waals surface area (Å²) in [4.78, 5) is 10.2. The summed E-state index contributed by atoms with van der Waals surface area (Å²) in [6.07, 6.45) is 2.80. The van der Waals surface area contributed by atoms with Crippen molar-refractivity contribution in [2.75, 3.05) is 29.2 Å². The topological polar surface area (TPSA) is 83.4 Å². The van der Waals surface area contributed by atoms with Gasteiger partial charge in [0.25, 0.3) is 0 Å². The maximum absolute atomic E-state index is 11.8. The van der Waals surface area contributed by atoms with Crippen molar-refractivity contribution in [1.29, 1.82) is 0 Å². The summed E-state index contributed by atoms with van der Waals surface area (Å²) in [5.74, 6) is 1.81. The van der Waals surface area contributed by atoms with Gasteiger partial charge in [0.1, 0.15) is 5.37 Å². The number of nitrogens with zero attached hydrogens (tertiary/aromatic N) is 3. The fourth-order valence-corrected chi connectivity index (χ4v) is 4.75. The Balaban J connectivity index is 2.35. The van der Waals surface area contributed by atoms with Gasteiger partial charge in [-0.15, -0.1) is 0 Å². The van der Waals surface area contributed by atoms with Crippen LogP contribution < -0.4 is 4.90 Å². The number of thioether (sulfide) groups is 1. The molecule has 6 nitrogen and oxygen atoms in total. The van der Waals surface area contributed by atoms with Gasteiger partial charge in [-0.3, -0.25) is 0 Å². The average Bonchev–Trinajstić information content (AvgIpc) is 2.37. The van der Waals surface area contributed by atoms with Crippen LogP contribution in [0.1, 0.15) is 11.3 Å². The molecular weight excluding hydrogens is 286 g/mol. The second-order valence-electron chi connectivity index (χ2n) is 4.49. The Labute approximate surface area is 117 Å². The second-order valence-corrected chi connectivity index (χ2v) is 7.84. The Morgan fingerprint density at radius 2 is 2.32 bits per heavy atom. The van der Waals surface area contributed by atoms with Gasteiger partial charge in [0.2, 0.25) is 5.95 Å². The molecule has 0 bridgehead atoms. The van der Waals surface area contributed by atoms with Crippen molar-refractivity contribution in [1.82, 2.24) is 9.97 Å². The van der Waals surface area contributed by atoms with E-state index in [0.29, 0.717) is 29.5 Å². The minimum absolute atomic E-state index is 0.114. The molecule has 2 rings (SSSR count). The first-order valence-corrected chi connectivity index (χ1v) is 9.01. The SMILES string of the molecule is Cc1nc(N2CCSCC2S(C)(=O)=O)ncc1CO. The van der Waals surface area contributed by atoms with E-state index < -0.39 is 15.2 Å². The number of aromatic nitrogens is 2. The predicted octanol–water partition coefficient (Wildman–Crippen LogP) is 0.201. The number of hydrogen-bond donors (Lipinski definition) is 1. The van der Waals surface area contributed by atoms with Gasteiger partial charge < -0.3 is 10.0 Å². The van der Waals surface area contributed by atoms with E-state index in [1.165, 1.54) is 6.26 Å². The summed E-state index contributed by atoms with van der Waals surface area (Å²) in [5, 5.41) is 8.53. The lowest BCUT2D eigenvalue weighted by Crippen LogP contribution is -2.47. The van der Waals surface area contributed by atoms with Crippen LogP contribution in [0.15, 0.2) is 6.20 Å². The fraction of sp³-hybridized carbons (Fsp3) is 0.636. The Bertz CT molecular complexity index is 562. The molecule has 1 N–H and O–H groups in total. The van der Waals surface area contributed by atoms with Crippen LogP contribution in [0.25, 0.3) is 0 Å². The Hall–Kier alpha value is -0.860. The number of aliphatic hydroxyl groups excluding tert-OH is 1. The normalized spacial score (nSPS) is 20.6. The van der Waals surface area contributed by atoms with Gasteiger partial charge in [-0.25, -0.2) is 18.4 Å². The van der Waals surface area contributed by atoms with Crippen molar-refractivity contribution in [2.24, 2.45) is 0 Å². The number of rotatable bonds is 3. The van der Waals surface area contributed by atoms with E-state index in [1.54, 1.807) is 29.8 Å². The van der Waals surface area contributed by atoms with Crippen molar-refractivity contribution in [3.63, 3.8) is 0 Å². The van der Waals surface area contributed by atoms with E-state index in [9.17, 15) is 8.42 Å². The molecule has 0 spiro atoms. The second kappa shape index (κ2) is 5.64. The molecular formula is C11H17N3O3S2. The van der Waals surface area contributed by atoms with Crippen LogP contribution in [0.3, 0.4) is 0 Å². The highest BCUT2D eigenvalue weighted by Crippen LogP contribution is 2.24. The quantitative estimate of drug-likeness (QED) is 0.854. The van der Waals surface area contributed by atoms with E-state index in [2.05, 4.69) is 9.97 Å². The summed E-state index contributed by atoms with van der Waals surface area (Å²) in [6, 6.07) is 0. The van der Waals surface area contributed by atoms with Gasteiger partial charge in [-0.1, -0.05) is 0 Å². The molecule has 1 aliphatic heterocycles. The van der Waals surface area contributed by atoms with Crippen LogP contribution in [0.5, 0.6) is 0 Å².